The van der Waals surface area contributed by atoms with Crippen LogP contribution in [-0.2, 0) is 10.6 Å². The molecule has 0 aliphatic carbocycles. The van der Waals surface area contributed by atoms with Gasteiger partial charge in [-0.1, -0.05) is 0 Å². The summed E-state index contributed by atoms with van der Waals surface area (Å²) in [5.74, 6) is 0. The third kappa shape index (κ3) is 2.77. The third-order valence-electron chi connectivity index (χ3n) is 5.65. The molecule has 6 rings (SSSR count). The van der Waals surface area contributed by atoms with Gasteiger partial charge in [-0.05, 0) is 0 Å². The first-order valence-electron chi connectivity index (χ1n) is 9.91. The zero-order valence-electron chi connectivity index (χ0n) is 16.0. The quantitative estimate of drug-likeness (QED) is 0.309. The van der Waals surface area contributed by atoms with Gasteiger partial charge in [0, 0.05) is 0 Å². The van der Waals surface area contributed by atoms with Crippen LogP contribution in [0.1, 0.15) is 11.1 Å². The van der Waals surface area contributed by atoms with Crippen molar-refractivity contribution in [2.24, 2.45) is 0 Å². The van der Waals surface area contributed by atoms with Gasteiger partial charge in [-0.2, -0.15) is 0 Å². The van der Waals surface area contributed by atoms with Gasteiger partial charge in [0.05, 0.1) is 0 Å². The predicted octanol–water partition coefficient (Wildman–Crippen LogP) is 2.40. The van der Waals surface area contributed by atoms with E-state index in [0.29, 0.717) is 0 Å². The minimum atomic E-state index is -2.55. The Balaban J connectivity index is 1.69. The van der Waals surface area contributed by atoms with Gasteiger partial charge in [0.25, 0.3) is 0 Å². The SMILES string of the molecule is c1ccc([Se+]2Cc3cccc4c3[Te]2(c2ccccc2)[Se+](c2ccccc2)C4)cc1. The standard InChI is InChI=1S/C26H22Se2Te/c1-4-13-23(14-5-1)27-19-21-11-10-12-22-20-28(24-15-6-2-7-16-24)29(27,26(21)22)25-17-8-3-9-18-25/h1-18H,19-20H2/q+2. The molecule has 0 aromatic heterocycles. The second-order valence-electron chi connectivity index (χ2n) is 7.33. The summed E-state index contributed by atoms with van der Waals surface area (Å²) in [5, 5.41) is 2.71. The first-order chi connectivity index (χ1) is 14.4. The Bertz CT molecular complexity index is 1090. The molecule has 2 heterocycles. The average molecular weight is 620 g/mol. The fraction of sp³-hybridized carbons (Fsp3) is 0.0769. The normalized spacial score (nSPS) is 26.6. The molecule has 0 radical (unpaired) electrons. The third-order valence-corrected chi connectivity index (χ3v) is 79.5. The second kappa shape index (κ2) is 7.44. The summed E-state index contributed by atoms with van der Waals surface area (Å²) < 4.78 is 7.07. The molecular formula is C26H22Se2Te+2. The summed E-state index contributed by atoms with van der Waals surface area (Å²) >= 11 is -2.55. The summed E-state index contributed by atoms with van der Waals surface area (Å²) in [5.41, 5.74) is 3.42. The maximum absolute atomic E-state index is 2.55. The molecule has 0 bridgehead atoms. The van der Waals surface area contributed by atoms with E-state index in [0.717, 1.165) is 0 Å². The van der Waals surface area contributed by atoms with Crippen LogP contribution in [0.3, 0.4) is 0 Å². The van der Waals surface area contributed by atoms with Crippen LogP contribution in [0.25, 0.3) is 0 Å². The van der Waals surface area contributed by atoms with Crippen LogP contribution in [-0.4, -0.2) is 35.2 Å². The van der Waals surface area contributed by atoms with E-state index in [4.69, 9.17) is 0 Å². The molecule has 2 atom stereocenters. The minimum absolute atomic E-state index is 0.951. The van der Waals surface area contributed by atoms with Gasteiger partial charge in [-0.3, -0.25) is 0 Å². The van der Waals surface area contributed by atoms with Crippen LogP contribution in [0.15, 0.2) is 109 Å². The molecule has 2 unspecified atom stereocenters. The van der Waals surface area contributed by atoms with Crippen LogP contribution < -0.4 is 16.1 Å². The van der Waals surface area contributed by atoms with Crippen molar-refractivity contribution >= 4 is 51.3 Å². The summed E-state index contributed by atoms with van der Waals surface area (Å²) in [7, 11) is -1.90. The molecule has 0 fully saturated rings. The van der Waals surface area contributed by atoms with Gasteiger partial charge in [0.15, 0.2) is 0 Å². The maximum atomic E-state index is 2.51. The Kier molecular flexibility index (Phi) is 4.74. The second-order valence-corrected chi connectivity index (χ2v) is 52.0. The monoisotopic (exact) mass is 624 g/mol. The number of rotatable bonds is 3. The first-order valence-corrected chi connectivity index (χ1v) is 27.7. The molecule has 142 valence electrons. The van der Waals surface area contributed by atoms with Crippen LogP contribution in [0.2, 0.25) is 0 Å². The summed E-state index contributed by atoms with van der Waals surface area (Å²) in [4.78, 5) is 0. The van der Waals surface area contributed by atoms with Crippen LogP contribution >= 0.6 is 0 Å². The molecular weight excluding hydrogens is 598 g/mol. The average Bonchev–Trinajstić information content (AvgIpc) is 3.34. The molecule has 29 heavy (non-hydrogen) atoms. The topological polar surface area (TPSA) is 0 Å². The van der Waals surface area contributed by atoms with Crippen molar-refractivity contribution in [3.63, 3.8) is 0 Å². The van der Waals surface area contributed by atoms with E-state index in [2.05, 4.69) is 109 Å². The summed E-state index contributed by atoms with van der Waals surface area (Å²) in [6, 6.07) is 42.4. The predicted molar refractivity (Wildman–Crippen MR) is 129 cm³/mol. The fourth-order valence-corrected chi connectivity index (χ4v) is 97.6. The molecule has 0 amide bonds. The molecule has 0 N–H and O–H groups in total. The zero-order valence-corrected chi connectivity index (χ0v) is 21.8. The van der Waals surface area contributed by atoms with Crippen LogP contribution in [0, 0.1) is 0 Å². The number of hydrogen-bond donors (Lipinski definition) is 0. The van der Waals surface area contributed by atoms with E-state index in [1.54, 1.807) is 23.7 Å². The molecule has 2 aliphatic heterocycles. The van der Waals surface area contributed by atoms with Gasteiger partial charge in [0.2, 0.25) is 0 Å². The molecule has 4 aromatic carbocycles. The van der Waals surface area contributed by atoms with E-state index in [-0.39, 0.29) is 0 Å². The zero-order chi connectivity index (χ0) is 19.3. The van der Waals surface area contributed by atoms with Crippen molar-refractivity contribution in [3.05, 3.63) is 120 Å². The van der Waals surface area contributed by atoms with Crippen LogP contribution in [0.4, 0.5) is 0 Å². The van der Waals surface area contributed by atoms with E-state index in [9.17, 15) is 0 Å². The van der Waals surface area contributed by atoms with Crippen molar-refractivity contribution in [2.45, 2.75) is 10.6 Å². The number of hydrogen-bond acceptors (Lipinski definition) is 0. The molecule has 0 spiro atoms. The van der Waals surface area contributed by atoms with E-state index in [1.165, 1.54) is 10.6 Å². The molecule has 3 heteroatoms. The Labute approximate surface area is 180 Å². The van der Waals surface area contributed by atoms with Crippen molar-refractivity contribution in [2.75, 3.05) is 0 Å². The van der Waals surface area contributed by atoms with Crippen molar-refractivity contribution in [1.29, 1.82) is 0 Å². The fourth-order valence-electron chi connectivity index (χ4n) is 4.49. The molecule has 0 nitrogen and oxygen atoms in total. The first kappa shape index (κ1) is 18.5. The Morgan fingerprint density at radius 2 is 0.931 bits per heavy atom. The Morgan fingerprint density at radius 3 is 1.41 bits per heavy atom. The molecule has 2 aliphatic rings. The van der Waals surface area contributed by atoms with Crippen LogP contribution in [0.5, 0.6) is 0 Å². The Morgan fingerprint density at radius 1 is 0.483 bits per heavy atom. The van der Waals surface area contributed by atoms with Gasteiger partial charge < -0.3 is 0 Å². The number of benzene rings is 4. The Hall–Kier alpha value is -1.29. The van der Waals surface area contributed by atoms with E-state index < -0.39 is 35.2 Å². The van der Waals surface area contributed by atoms with Gasteiger partial charge in [-0.15, -0.1) is 0 Å². The van der Waals surface area contributed by atoms with Crippen molar-refractivity contribution < 1.29 is 0 Å². The summed E-state index contributed by atoms with van der Waals surface area (Å²) in [6.45, 7) is 0. The molecule has 0 saturated heterocycles. The van der Waals surface area contributed by atoms with E-state index in [1.807, 2.05) is 3.61 Å². The van der Waals surface area contributed by atoms with Gasteiger partial charge >= 0.3 is 182 Å². The summed E-state index contributed by atoms with van der Waals surface area (Å²) in [6.07, 6.45) is 0. The van der Waals surface area contributed by atoms with E-state index >= 15 is 0 Å². The van der Waals surface area contributed by atoms with Crippen molar-refractivity contribution in [3.8, 4) is 0 Å². The van der Waals surface area contributed by atoms with Gasteiger partial charge in [0.1, 0.15) is 0 Å². The van der Waals surface area contributed by atoms with Crippen molar-refractivity contribution in [1.82, 2.24) is 0 Å². The molecule has 0 saturated carbocycles. The van der Waals surface area contributed by atoms with Gasteiger partial charge in [-0.25, -0.2) is 0 Å². The molecule has 4 aromatic rings.